The van der Waals surface area contributed by atoms with Gasteiger partial charge in [-0.05, 0) is 18.9 Å². The first-order valence-corrected chi connectivity index (χ1v) is 5.83. The maximum Gasteiger partial charge on any atom is 0.0928 e. The van der Waals surface area contributed by atoms with E-state index in [1.54, 1.807) is 6.07 Å². The Morgan fingerprint density at radius 3 is 2.62 bits per heavy atom. The fourth-order valence-electron chi connectivity index (χ4n) is 1.71. The summed E-state index contributed by atoms with van der Waals surface area (Å²) in [6.07, 6.45) is 1.31. The van der Waals surface area contributed by atoms with Gasteiger partial charge in [0.2, 0.25) is 0 Å². The summed E-state index contributed by atoms with van der Waals surface area (Å²) in [6.45, 7) is 0.548. The Morgan fingerprint density at radius 1 is 1.38 bits per heavy atom. The SMILES string of the molecule is OCC1(NCC(O)c2ccccc2Cl)CC1. The van der Waals surface area contributed by atoms with E-state index in [0.29, 0.717) is 11.6 Å². The van der Waals surface area contributed by atoms with E-state index in [1.165, 1.54) is 0 Å². The van der Waals surface area contributed by atoms with E-state index in [9.17, 15) is 5.11 Å². The predicted octanol–water partition coefficient (Wildman–Crippen LogP) is 1.49. The van der Waals surface area contributed by atoms with Gasteiger partial charge < -0.3 is 15.5 Å². The number of aliphatic hydroxyl groups excluding tert-OH is 2. The molecule has 3 N–H and O–H groups in total. The molecule has 88 valence electrons. The molecule has 0 spiro atoms. The van der Waals surface area contributed by atoms with Crippen molar-refractivity contribution in [3.63, 3.8) is 0 Å². The van der Waals surface area contributed by atoms with Crippen LogP contribution in [0.5, 0.6) is 0 Å². The maximum absolute atomic E-state index is 9.96. The summed E-state index contributed by atoms with van der Waals surface area (Å²) in [5.41, 5.74) is 0.577. The molecule has 1 atom stereocenters. The lowest BCUT2D eigenvalue weighted by molar-refractivity contribution is 0.154. The van der Waals surface area contributed by atoms with Crippen LogP contribution in [0, 0.1) is 0 Å². The van der Waals surface area contributed by atoms with Gasteiger partial charge in [0.25, 0.3) is 0 Å². The van der Waals surface area contributed by atoms with Crippen LogP contribution >= 0.6 is 11.6 Å². The molecule has 16 heavy (non-hydrogen) atoms. The van der Waals surface area contributed by atoms with E-state index in [4.69, 9.17) is 16.7 Å². The van der Waals surface area contributed by atoms with Crippen LogP contribution in [0.2, 0.25) is 5.02 Å². The molecule has 2 rings (SSSR count). The van der Waals surface area contributed by atoms with Crippen LogP contribution < -0.4 is 5.32 Å². The molecule has 0 saturated heterocycles. The fraction of sp³-hybridized carbons (Fsp3) is 0.500. The van der Waals surface area contributed by atoms with Crippen molar-refractivity contribution in [1.29, 1.82) is 0 Å². The molecule has 0 amide bonds. The molecule has 1 aliphatic carbocycles. The number of hydrogen-bond donors (Lipinski definition) is 3. The van der Waals surface area contributed by atoms with Crippen LogP contribution in [-0.4, -0.2) is 28.9 Å². The zero-order chi connectivity index (χ0) is 11.6. The second-order valence-corrected chi connectivity index (χ2v) is 4.76. The van der Waals surface area contributed by atoms with Crippen LogP contribution in [-0.2, 0) is 0 Å². The third-order valence-electron chi connectivity index (χ3n) is 3.09. The first-order valence-electron chi connectivity index (χ1n) is 5.45. The normalized spacial score (nSPS) is 19.4. The number of benzene rings is 1. The first-order chi connectivity index (χ1) is 7.67. The Bertz CT molecular complexity index is 366. The molecule has 0 bridgehead atoms. The van der Waals surface area contributed by atoms with E-state index in [1.807, 2.05) is 18.2 Å². The van der Waals surface area contributed by atoms with Crippen molar-refractivity contribution >= 4 is 11.6 Å². The van der Waals surface area contributed by atoms with Gasteiger partial charge >= 0.3 is 0 Å². The van der Waals surface area contributed by atoms with E-state index >= 15 is 0 Å². The summed E-state index contributed by atoms with van der Waals surface area (Å²) in [5, 5.41) is 22.8. The minimum atomic E-state index is -0.627. The van der Waals surface area contributed by atoms with Gasteiger partial charge in [0.05, 0.1) is 12.7 Å². The van der Waals surface area contributed by atoms with Gasteiger partial charge in [0.1, 0.15) is 0 Å². The quantitative estimate of drug-likeness (QED) is 0.732. The van der Waals surface area contributed by atoms with Crippen LogP contribution in [0.25, 0.3) is 0 Å². The highest BCUT2D eigenvalue weighted by molar-refractivity contribution is 6.31. The molecule has 0 aliphatic heterocycles. The smallest absolute Gasteiger partial charge is 0.0928 e. The predicted molar refractivity (Wildman–Crippen MR) is 63.5 cm³/mol. The van der Waals surface area contributed by atoms with Crippen molar-refractivity contribution < 1.29 is 10.2 Å². The van der Waals surface area contributed by atoms with E-state index in [2.05, 4.69) is 5.32 Å². The van der Waals surface area contributed by atoms with Crippen LogP contribution in [0.3, 0.4) is 0 Å². The summed E-state index contributed by atoms with van der Waals surface area (Å²) < 4.78 is 0. The lowest BCUT2D eigenvalue weighted by atomic mass is 10.1. The number of halogens is 1. The summed E-state index contributed by atoms with van der Waals surface area (Å²) in [5.74, 6) is 0. The molecular weight excluding hydrogens is 226 g/mol. The molecule has 1 aromatic carbocycles. The first kappa shape index (κ1) is 11.9. The second-order valence-electron chi connectivity index (χ2n) is 4.36. The molecule has 0 heterocycles. The molecule has 1 aliphatic rings. The van der Waals surface area contributed by atoms with Crippen molar-refractivity contribution in [2.24, 2.45) is 0 Å². The van der Waals surface area contributed by atoms with Gasteiger partial charge in [0, 0.05) is 22.7 Å². The van der Waals surface area contributed by atoms with Gasteiger partial charge in [-0.2, -0.15) is 0 Å². The summed E-state index contributed by atoms with van der Waals surface area (Å²) in [4.78, 5) is 0. The van der Waals surface area contributed by atoms with E-state index < -0.39 is 6.10 Å². The zero-order valence-corrected chi connectivity index (χ0v) is 9.74. The van der Waals surface area contributed by atoms with Crippen molar-refractivity contribution in [3.05, 3.63) is 34.9 Å². The average molecular weight is 242 g/mol. The van der Waals surface area contributed by atoms with Crippen molar-refractivity contribution in [3.8, 4) is 0 Å². The zero-order valence-electron chi connectivity index (χ0n) is 8.99. The lowest BCUT2D eigenvalue weighted by Gasteiger charge is -2.18. The minimum Gasteiger partial charge on any atom is -0.394 e. The van der Waals surface area contributed by atoms with Gasteiger partial charge in [-0.25, -0.2) is 0 Å². The Kier molecular flexibility index (Phi) is 3.50. The number of hydrogen-bond acceptors (Lipinski definition) is 3. The van der Waals surface area contributed by atoms with Crippen LogP contribution in [0.1, 0.15) is 24.5 Å². The minimum absolute atomic E-state index is 0.127. The highest BCUT2D eigenvalue weighted by Crippen LogP contribution is 2.35. The van der Waals surface area contributed by atoms with E-state index in [-0.39, 0.29) is 12.1 Å². The molecule has 4 heteroatoms. The Labute approximate surface area is 100 Å². The molecule has 1 aromatic rings. The molecule has 1 unspecified atom stereocenters. The summed E-state index contributed by atoms with van der Waals surface area (Å²) in [7, 11) is 0. The molecule has 0 aromatic heterocycles. The number of rotatable bonds is 5. The van der Waals surface area contributed by atoms with Gasteiger partial charge in [-0.15, -0.1) is 0 Å². The Hall–Kier alpha value is -0.610. The fourth-order valence-corrected chi connectivity index (χ4v) is 1.97. The number of aliphatic hydroxyl groups is 2. The highest BCUT2D eigenvalue weighted by Gasteiger charge is 2.41. The third-order valence-corrected chi connectivity index (χ3v) is 3.44. The number of nitrogens with one attached hydrogen (secondary N) is 1. The van der Waals surface area contributed by atoms with Gasteiger partial charge in [-0.3, -0.25) is 0 Å². The highest BCUT2D eigenvalue weighted by atomic mass is 35.5. The molecule has 1 saturated carbocycles. The largest absolute Gasteiger partial charge is 0.394 e. The number of β-amino-alcohol motifs (C(OH)–C–C–N with tert-alkyl or cyclic N) is 1. The second kappa shape index (κ2) is 4.72. The molecule has 1 fully saturated rings. The van der Waals surface area contributed by atoms with Gasteiger partial charge in [-0.1, -0.05) is 29.8 Å². The third kappa shape index (κ3) is 2.55. The lowest BCUT2D eigenvalue weighted by Crippen LogP contribution is -2.37. The van der Waals surface area contributed by atoms with Gasteiger partial charge in [0.15, 0.2) is 0 Å². The Morgan fingerprint density at radius 2 is 2.06 bits per heavy atom. The summed E-state index contributed by atoms with van der Waals surface area (Å²) >= 11 is 5.98. The Balaban J connectivity index is 1.93. The standard InChI is InChI=1S/C12H16ClNO2/c13-10-4-2-1-3-9(10)11(16)7-14-12(8-15)5-6-12/h1-4,11,14-16H,5-8H2. The molecule has 3 nitrogen and oxygen atoms in total. The summed E-state index contributed by atoms with van der Waals surface area (Å²) in [6, 6.07) is 7.26. The van der Waals surface area contributed by atoms with Crippen LogP contribution in [0.4, 0.5) is 0 Å². The average Bonchev–Trinajstić information content (AvgIpc) is 3.07. The van der Waals surface area contributed by atoms with Crippen molar-refractivity contribution in [2.75, 3.05) is 13.2 Å². The van der Waals surface area contributed by atoms with Crippen LogP contribution in [0.15, 0.2) is 24.3 Å². The monoisotopic (exact) mass is 241 g/mol. The van der Waals surface area contributed by atoms with E-state index in [0.717, 1.165) is 18.4 Å². The maximum atomic E-state index is 9.96. The van der Waals surface area contributed by atoms with Crippen molar-refractivity contribution in [2.45, 2.75) is 24.5 Å². The topological polar surface area (TPSA) is 52.5 Å². The molecule has 0 radical (unpaired) electrons. The van der Waals surface area contributed by atoms with Crippen molar-refractivity contribution in [1.82, 2.24) is 5.32 Å². The molecular formula is C12H16ClNO2.